The molecule has 3 aromatic heterocycles. The van der Waals surface area contributed by atoms with Crippen molar-refractivity contribution in [3.05, 3.63) is 53.0 Å². The van der Waals surface area contributed by atoms with Crippen molar-refractivity contribution in [3.63, 3.8) is 0 Å². The van der Waals surface area contributed by atoms with Gasteiger partial charge in [0.25, 0.3) is 0 Å². The summed E-state index contributed by atoms with van der Waals surface area (Å²) in [6.45, 7) is 4.06. The first-order valence-corrected chi connectivity index (χ1v) is 12.2. The molecule has 0 saturated carbocycles. The summed E-state index contributed by atoms with van der Waals surface area (Å²) in [7, 11) is 2.38. The first kappa shape index (κ1) is 23.3. The molecule has 0 aliphatic carbocycles. The van der Waals surface area contributed by atoms with Gasteiger partial charge in [0, 0.05) is 35.9 Å². The highest BCUT2D eigenvalue weighted by Gasteiger charge is 2.23. The van der Waals surface area contributed by atoms with Crippen LogP contribution in [0.2, 0.25) is 5.02 Å². The van der Waals surface area contributed by atoms with E-state index < -0.39 is 10.0 Å². The van der Waals surface area contributed by atoms with E-state index >= 15 is 0 Å². The highest BCUT2D eigenvalue weighted by molar-refractivity contribution is 7.89. The van der Waals surface area contributed by atoms with E-state index in [0.29, 0.717) is 59.3 Å². The van der Waals surface area contributed by atoms with E-state index in [1.807, 2.05) is 24.3 Å². The normalized spacial score (nSPS) is 11.8. The lowest BCUT2D eigenvalue weighted by atomic mass is 10.0. The Kier molecular flexibility index (Phi) is 6.73. The zero-order valence-electron chi connectivity index (χ0n) is 18.2. The van der Waals surface area contributed by atoms with Crippen molar-refractivity contribution in [2.75, 3.05) is 18.4 Å². The van der Waals surface area contributed by atoms with Crippen molar-refractivity contribution >= 4 is 46.4 Å². The number of hydrogen-bond donors (Lipinski definition) is 2. The number of fused-ring (bicyclic) bond motifs is 1. The van der Waals surface area contributed by atoms with Crippen LogP contribution in [0.25, 0.3) is 16.9 Å². The number of hydrogen-bond acceptors (Lipinski definition) is 7. The number of nitrogens with zero attached hydrogens (tertiary/aromatic N) is 4. The second kappa shape index (κ2) is 9.54. The molecule has 0 unspecified atom stereocenters. The Hall–Kier alpha value is -2.89. The number of halogens is 1. The topological polar surface area (TPSA) is 114 Å². The number of sulfonamides is 1. The van der Waals surface area contributed by atoms with Gasteiger partial charge in [-0.3, -0.25) is 0 Å². The van der Waals surface area contributed by atoms with Gasteiger partial charge in [0.2, 0.25) is 10.0 Å². The standard InChI is InChI=1S/C21H22BClN6O3S/c1-13-20(14(2)32-28-13)33(30,31)26-10-6-5-9-24-19-11-18(15-7-3-4-8-17(15)23)27-21-16(22)12-25-29(19)21/h3-4,7-8,11-12,24,26H,5-6,9-10H2,1-2H3. The van der Waals surface area contributed by atoms with Gasteiger partial charge in [0.1, 0.15) is 24.3 Å². The zero-order valence-corrected chi connectivity index (χ0v) is 19.7. The lowest BCUT2D eigenvalue weighted by Gasteiger charge is -2.12. The number of aryl methyl sites for hydroxylation is 2. The van der Waals surface area contributed by atoms with Gasteiger partial charge in [0.05, 0.1) is 5.69 Å². The van der Waals surface area contributed by atoms with Crippen molar-refractivity contribution in [1.29, 1.82) is 0 Å². The minimum absolute atomic E-state index is 0.100. The number of nitrogens with one attached hydrogen (secondary N) is 2. The molecule has 0 amide bonds. The van der Waals surface area contributed by atoms with Crippen LogP contribution in [0.15, 0.2) is 45.9 Å². The fourth-order valence-corrected chi connectivity index (χ4v) is 5.15. The van der Waals surface area contributed by atoms with Crippen molar-refractivity contribution in [3.8, 4) is 11.3 Å². The molecule has 0 atom stereocenters. The summed E-state index contributed by atoms with van der Waals surface area (Å²) in [6.07, 6.45) is 2.89. The van der Waals surface area contributed by atoms with E-state index in [9.17, 15) is 8.42 Å². The summed E-state index contributed by atoms with van der Waals surface area (Å²) in [5, 5.41) is 11.9. The molecular weight excluding hydrogens is 463 g/mol. The van der Waals surface area contributed by atoms with E-state index in [2.05, 4.69) is 25.3 Å². The largest absolute Gasteiger partial charge is 0.370 e. The van der Waals surface area contributed by atoms with Crippen molar-refractivity contribution in [1.82, 2.24) is 24.5 Å². The van der Waals surface area contributed by atoms with Gasteiger partial charge >= 0.3 is 0 Å². The number of anilines is 1. The third kappa shape index (κ3) is 4.90. The van der Waals surface area contributed by atoms with Crippen molar-refractivity contribution in [2.45, 2.75) is 31.6 Å². The van der Waals surface area contributed by atoms with Gasteiger partial charge in [-0.05, 0) is 38.2 Å². The summed E-state index contributed by atoms with van der Waals surface area (Å²) in [5.41, 5.74) is 2.80. The minimum atomic E-state index is -3.66. The molecule has 0 spiro atoms. The van der Waals surface area contributed by atoms with Crippen LogP contribution in [-0.4, -0.2) is 49.1 Å². The molecule has 0 bridgehead atoms. The lowest BCUT2D eigenvalue weighted by Crippen LogP contribution is -2.26. The molecule has 4 aromatic rings. The summed E-state index contributed by atoms with van der Waals surface area (Å²) < 4.78 is 34.1. The molecule has 2 radical (unpaired) electrons. The van der Waals surface area contributed by atoms with Crippen LogP contribution in [0.5, 0.6) is 0 Å². The van der Waals surface area contributed by atoms with Crippen LogP contribution in [0.1, 0.15) is 24.3 Å². The van der Waals surface area contributed by atoms with E-state index in [1.165, 1.54) is 0 Å². The van der Waals surface area contributed by atoms with Crippen LogP contribution in [0.4, 0.5) is 5.82 Å². The molecule has 0 saturated heterocycles. The van der Waals surface area contributed by atoms with Crippen LogP contribution in [-0.2, 0) is 10.0 Å². The number of unbranched alkanes of at least 4 members (excludes halogenated alkanes) is 1. The molecule has 1 aromatic carbocycles. The van der Waals surface area contributed by atoms with E-state index in [4.69, 9.17) is 24.0 Å². The molecular formula is C21H22BClN6O3S. The van der Waals surface area contributed by atoms with Crippen molar-refractivity contribution in [2.24, 2.45) is 0 Å². The highest BCUT2D eigenvalue weighted by atomic mass is 35.5. The average molecular weight is 485 g/mol. The summed E-state index contributed by atoms with van der Waals surface area (Å²) in [5.74, 6) is 0.985. The SMILES string of the molecule is [B]c1cnn2c(NCCCCNS(=O)(=O)c3c(C)noc3C)cc(-c3ccccc3Cl)nc12. The molecule has 9 nitrogen and oxygen atoms in total. The monoisotopic (exact) mass is 484 g/mol. The van der Waals surface area contributed by atoms with Crippen molar-refractivity contribution < 1.29 is 12.9 Å². The Morgan fingerprint density at radius 1 is 1.18 bits per heavy atom. The van der Waals surface area contributed by atoms with E-state index in [-0.39, 0.29) is 10.7 Å². The fourth-order valence-electron chi connectivity index (χ4n) is 3.52. The Morgan fingerprint density at radius 2 is 1.94 bits per heavy atom. The third-order valence-corrected chi connectivity index (χ3v) is 7.12. The zero-order chi connectivity index (χ0) is 23.6. The van der Waals surface area contributed by atoms with Crippen LogP contribution < -0.4 is 15.5 Å². The minimum Gasteiger partial charge on any atom is -0.370 e. The molecule has 0 aliphatic rings. The van der Waals surface area contributed by atoms with Crippen LogP contribution in [0, 0.1) is 13.8 Å². The second-order valence-corrected chi connectivity index (χ2v) is 9.64. The predicted molar refractivity (Wildman–Crippen MR) is 128 cm³/mol. The van der Waals surface area contributed by atoms with Crippen LogP contribution in [0.3, 0.4) is 0 Å². The molecule has 0 fully saturated rings. The Labute approximate surface area is 198 Å². The maximum Gasteiger partial charge on any atom is 0.245 e. The molecule has 170 valence electrons. The predicted octanol–water partition coefficient (Wildman–Crippen LogP) is 2.62. The Bertz CT molecular complexity index is 1380. The summed E-state index contributed by atoms with van der Waals surface area (Å²) in [6, 6.07) is 9.31. The quantitative estimate of drug-likeness (QED) is 0.277. The lowest BCUT2D eigenvalue weighted by molar-refractivity contribution is 0.390. The Morgan fingerprint density at radius 3 is 2.67 bits per heavy atom. The summed E-state index contributed by atoms with van der Waals surface area (Å²) >= 11 is 6.35. The van der Waals surface area contributed by atoms with Gasteiger partial charge < -0.3 is 9.84 Å². The Balaban J connectivity index is 1.40. The number of rotatable bonds is 9. The maximum absolute atomic E-state index is 12.5. The van der Waals surface area contributed by atoms with Gasteiger partial charge in [-0.15, -0.1) is 0 Å². The molecule has 4 rings (SSSR count). The maximum atomic E-state index is 12.5. The van der Waals surface area contributed by atoms with Gasteiger partial charge in [-0.25, -0.2) is 18.1 Å². The second-order valence-electron chi connectivity index (χ2n) is 7.53. The molecule has 12 heteroatoms. The molecule has 0 aliphatic heterocycles. The molecule has 3 heterocycles. The van der Waals surface area contributed by atoms with E-state index in [1.54, 1.807) is 30.6 Å². The summed E-state index contributed by atoms with van der Waals surface area (Å²) in [4.78, 5) is 4.71. The fraction of sp³-hybridized carbons (Fsp3) is 0.286. The number of benzene rings is 1. The van der Waals surface area contributed by atoms with Gasteiger partial charge in [-0.2, -0.15) is 9.61 Å². The van der Waals surface area contributed by atoms with E-state index in [0.717, 1.165) is 5.56 Å². The molecule has 33 heavy (non-hydrogen) atoms. The number of aromatic nitrogens is 4. The van der Waals surface area contributed by atoms with Gasteiger partial charge in [-0.1, -0.05) is 35.0 Å². The highest BCUT2D eigenvalue weighted by Crippen LogP contribution is 2.28. The molecule has 2 N–H and O–H groups in total. The first-order chi connectivity index (χ1) is 15.8. The first-order valence-electron chi connectivity index (χ1n) is 10.3. The van der Waals surface area contributed by atoms with Gasteiger partial charge in [0.15, 0.2) is 11.4 Å². The average Bonchev–Trinajstić information content (AvgIpc) is 3.32. The smallest absolute Gasteiger partial charge is 0.245 e. The third-order valence-electron chi connectivity index (χ3n) is 5.09. The van der Waals surface area contributed by atoms with Crippen LogP contribution >= 0.6 is 11.6 Å².